The largest absolute Gasteiger partial charge is 0.278 e. The molecule has 102 valence electrons. The molecule has 0 radical (unpaired) electrons. The van der Waals surface area contributed by atoms with E-state index in [4.69, 9.17) is 0 Å². The zero-order chi connectivity index (χ0) is 14.0. The maximum atomic E-state index is 12.2. The summed E-state index contributed by atoms with van der Waals surface area (Å²) in [5.74, 6) is 0. The van der Waals surface area contributed by atoms with E-state index >= 15 is 0 Å². The van der Waals surface area contributed by atoms with E-state index in [1.54, 1.807) is 22.9 Å². The maximum Gasteiger partial charge on any atom is 0.265 e. The van der Waals surface area contributed by atoms with Crippen molar-refractivity contribution in [1.29, 1.82) is 0 Å². The summed E-state index contributed by atoms with van der Waals surface area (Å²) in [6.45, 7) is 2.51. The third-order valence-electron chi connectivity index (χ3n) is 2.42. The fourth-order valence-electron chi connectivity index (χ4n) is 1.43. The second kappa shape index (κ2) is 5.64. The van der Waals surface area contributed by atoms with Crippen LogP contribution in [-0.4, -0.2) is 18.2 Å². The van der Waals surface area contributed by atoms with E-state index in [0.29, 0.717) is 16.7 Å². The zero-order valence-corrected chi connectivity index (χ0v) is 14.0. The molecule has 1 heterocycles. The van der Waals surface area contributed by atoms with Gasteiger partial charge in [0.2, 0.25) is 0 Å². The summed E-state index contributed by atoms with van der Waals surface area (Å²) in [6, 6.07) is 5.21. The van der Waals surface area contributed by atoms with Crippen LogP contribution >= 0.6 is 31.9 Å². The van der Waals surface area contributed by atoms with Gasteiger partial charge in [-0.3, -0.25) is 9.40 Å². The van der Waals surface area contributed by atoms with E-state index in [2.05, 4.69) is 41.7 Å². The normalized spacial score (nSPS) is 11.5. The third kappa shape index (κ3) is 3.37. The molecule has 5 nitrogen and oxygen atoms in total. The van der Waals surface area contributed by atoms with Gasteiger partial charge in [-0.1, -0.05) is 15.9 Å². The number of sulfonamides is 1. The van der Waals surface area contributed by atoms with E-state index in [9.17, 15) is 8.42 Å². The van der Waals surface area contributed by atoms with Crippen molar-refractivity contribution in [2.24, 2.45) is 0 Å². The van der Waals surface area contributed by atoms with Crippen LogP contribution in [0.5, 0.6) is 0 Å². The number of halogens is 2. The molecule has 1 N–H and O–H groups in total. The smallest absolute Gasteiger partial charge is 0.265 e. The van der Waals surface area contributed by atoms with E-state index in [1.165, 1.54) is 12.4 Å². The van der Waals surface area contributed by atoms with Crippen molar-refractivity contribution in [3.8, 4) is 0 Å². The van der Waals surface area contributed by atoms with Crippen molar-refractivity contribution < 1.29 is 8.42 Å². The first-order valence-electron chi connectivity index (χ1n) is 5.42. The number of benzene rings is 1. The predicted molar refractivity (Wildman–Crippen MR) is 80.6 cm³/mol. The summed E-state index contributed by atoms with van der Waals surface area (Å²) in [5.41, 5.74) is 0.479. The quantitative estimate of drug-likeness (QED) is 0.844. The molecule has 0 saturated heterocycles. The minimum absolute atomic E-state index is 0.143. The Labute approximate surface area is 128 Å². The number of nitrogens with zero attached hydrogens (tertiary/aromatic N) is 2. The third-order valence-corrected chi connectivity index (χ3v) is 4.89. The van der Waals surface area contributed by atoms with Gasteiger partial charge in [0.25, 0.3) is 10.0 Å². The van der Waals surface area contributed by atoms with Crippen molar-refractivity contribution in [3.63, 3.8) is 0 Å². The van der Waals surface area contributed by atoms with Crippen LogP contribution in [0.4, 0.5) is 5.69 Å². The molecule has 2 aromatic rings. The highest BCUT2D eigenvalue weighted by atomic mass is 79.9. The number of hydrogen-bond acceptors (Lipinski definition) is 3. The molecular formula is C11H11Br2N3O2S. The lowest BCUT2D eigenvalue weighted by Gasteiger charge is -2.08. The molecule has 0 amide bonds. The lowest BCUT2D eigenvalue weighted by atomic mass is 10.3. The minimum atomic E-state index is -3.62. The predicted octanol–water partition coefficient (Wildman–Crippen LogP) is 3.23. The first-order chi connectivity index (χ1) is 8.92. The molecule has 8 heteroatoms. The number of aromatic nitrogens is 2. The van der Waals surface area contributed by atoms with Gasteiger partial charge in [-0.2, -0.15) is 5.10 Å². The Morgan fingerprint density at radius 2 is 2.11 bits per heavy atom. The molecule has 19 heavy (non-hydrogen) atoms. The van der Waals surface area contributed by atoms with E-state index < -0.39 is 10.0 Å². The van der Waals surface area contributed by atoms with Crippen molar-refractivity contribution in [1.82, 2.24) is 9.78 Å². The molecule has 1 aromatic carbocycles. The summed E-state index contributed by atoms with van der Waals surface area (Å²) in [7, 11) is -3.62. The van der Waals surface area contributed by atoms with Crippen LogP contribution in [0.3, 0.4) is 0 Å². The van der Waals surface area contributed by atoms with Crippen LogP contribution in [-0.2, 0) is 16.6 Å². The average Bonchev–Trinajstić information content (AvgIpc) is 2.82. The summed E-state index contributed by atoms with van der Waals surface area (Å²) >= 11 is 6.63. The average molecular weight is 409 g/mol. The number of anilines is 1. The summed E-state index contributed by atoms with van der Waals surface area (Å²) in [4.78, 5) is 0.143. The first-order valence-corrected chi connectivity index (χ1v) is 8.49. The topological polar surface area (TPSA) is 64.0 Å². The zero-order valence-electron chi connectivity index (χ0n) is 9.97. The van der Waals surface area contributed by atoms with Gasteiger partial charge in [-0.25, -0.2) is 8.42 Å². The molecule has 0 aliphatic carbocycles. The Kier molecular flexibility index (Phi) is 4.32. The van der Waals surface area contributed by atoms with E-state index in [0.717, 1.165) is 4.47 Å². The van der Waals surface area contributed by atoms with Gasteiger partial charge >= 0.3 is 0 Å². The Balaban J connectivity index is 2.30. The molecule has 2 rings (SSSR count). The Hall–Kier alpha value is -0.860. The van der Waals surface area contributed by atoms with E-state index in [-0.39, 0.29) is 4.90 Å². The maximum absolute atomic E-state index is 12.2. The van der Waals surface area contributed by atoms with Gasteiger partial charge in [0, 0.05) is 21.7 Å². The van der Waals surface area contributed by atoms with Gasteiger partial charge in [-0.05, 0) is 41.1 Å². The van der Waals surface area contributed by atoms with Crippen molar-refractivity contribution in [3.05, 3.63) is 39.5 Å². The SMILES string of the molecule is CCn1cc(S(=O)(=O)Nc2ccc(Br)cc2Br)cn1. The van der Waals surface area contributed by atoms with Crippen LogP contribution in [0, 0.1) is 0 Å². The second-order valence-corrected chi connectivity index (χ2v) is 7.21. The Bertz CT molecular complexity index is 698. The first kappa shape index (κ1) is 14.5. The lowest BCUT2D eigenvalue weighted by molar-refractivity contribution is 0.600. The molecule has 0 aliphatic rings. The molecule has 0 fully saturated rings. The fourth-order valence-corrected chi connectivity index (χ4v) is 3.74. The molecule has 1 aromatic heterocycles. The molecule has 0 saturated carbocycles. The standard InChI is InChI=1S/C11H11Br2N3O2S/c1-2-16-7-9(6-14-16)19(17,18)15-11-4-3-8(12)5-10(11)13/h3-7,15H,2H2,1H3. The van der Waals surface area contributed by atoms with Crippen LogP contribution in [0.15, 0.2) is 44.4 Å². The molecule has 0 unspecified atom stereocenters. The van der Waals surface area contributed by atoms with Crippen LogP contribution in [0.1, 0.15) is 6.92 Å². The van der Waals surface area contributed by atoms with Gasteiger partial charge in [0.15, 0.2) is 0 Å². The number of aryl methyl sites for hydroxylation is 1. The van der Waals surface area contributed by atoms with Crippen molar-refractivity contribution in [2.75, 3.05) is 4.72 Å². The van der Waals surface area contributed by atoms with Crippen LogP contribution in [0.25, 0.3) is 0 Å². The molecule has 0 aliphatic heterocycles. The number of rotatable bonds is 4. The molecule has 0 atom stereocenters. The Morgan fingerprint density at radius 3 is 2.68 bits per heavy atom. The molecular weight excluding hydrogens is 398 g/mol. The molecule has 0 spiro atoms. The molecule has 0 bridgehead atoms. The number of nitrogens with one attached hydrogen (secondary N) is 1. The highest BCUT2D eigenvalue weighted by molar-refractivity contribution is 9.11. The number of hydrogen-bond donors (Lipinski definition) is 1. The highest BCUT2D eigenvalue weighted by Crippen LogP contribution is 2.28. The highest BCUT2D eigenvalue weighted by Gasteiger charge is 2.17. The monoisotopic (exact) mass is 407 g/mol. The Morgan fingerprint density at radius 1 is 1.37 bits per heavy atom. The van der Waals surface area contributed by atoms with Crippen molar-refractivity contribution in [2.45, 2.75) is 18.4 Å². The lowest BCUT2D eigenvalue weighted by Crippen LogP contribution is -2.12. The van der Waals surface area contributed by atoms with Gasteiger partial charge in [0.1, 0.15) is 4.90 Å². The van der Waals surface area contributed by atoms with Crippen LogP contribution in [0.2, 0.25) is 0 Å². The van der Waals surface area contributed by atoms with Gasteiger partial charge in [-0.15, -0.1) is 0 Å². The summed E-state index contributed by atoms with van der Waals surface area (Å²) in [6.07, 6.45) is 2.83. The van der Waals surface area contributed by atoms with Crippen molar-refractivity contribution >= 4 is 47.6 Å². The van der Waals surface area contributed by atoms with Gasteiger partial charge in [0.05, 0.1) is 11.9 Å². The summed E-state index contributed by atoms with van der Waals surface area (Å²) in [5, 5.41) is 3.96. The second-order valence-electron chi connectivity index (χ2n) is 3.76. The van der Waals surface area contributed by atoms with Crippen LogP contribution < -0.4 is 4.72 Å². The minimum Gasteiger partial charge on any atom is -0.278 e. The summed E-state index contributed by atoms with van der Waals surface area (Å²) < 4.78 is 29.9. The van der Waals surface area contributed by atoms with Gasteiger partial charge < -0.3 is 0 Å². The van der Waals surface area contributed by atoms with E-state index in [1.807, 2.05) is 6.92 Å². The fraction of sp³-hybridized carbons (Fsp3) is 0.182.